The third-order valence-corrected chi connectivity index (χ3v) is 5.02. The van der Waals surface area contributed by atoms with Crippen molar-refractivity contribution in [1.82, 2.24) is 18.6 Å². The molecule has 0 spiro atoms. The van der Waals surface area contributed by atoms with E-state index < -0.39 is 0 Å². The Hall–Kier alpha value is -2.67. The summed E-state index contributed by atoms with van der Waals surface area (Å²) >= 11 is 0.0731. The number of nitrogens with zero attached hydrogens (tertiary/aromatic N) is 4. The van der Waals surface area contributed by atoms with Crippen molar-refractivity contribution in [1.29, 1.82) is 0 Å². The van der Waals surface area contributed by atoms with Gasteiger partial charge in [0.25, 0.3) is 0 Å². The number of rotatable bonds is 4. The van der Waals surface area contributed by atoms with E-state index in [0.29, 0.717) is 11.3 Å². The summed E-state index contributed by atoms with van der Waals surface area (Å²) in [7, 11) is 0. The highest BCUT2D eigenvalue weighted by atomic mass is 32.2. The molecule has 0 aliphatic rings. The van der Waals surface area contributed by atoms with Gasteiger partial charge in [0.15, 0.2) is 12.3 Å². The Kier molecular flexibility index (Phi) is 4.47. The molecule has 4 nitrogen and oxygen atoms in total. The fourth-order valence-electron chi connectivity index (χ4n) is 3.32. The molecule has 1 aromatic carbocycles. The Morgan fingerprint density at radius 3 is 2.59 bits per heavy atom. The zero-order valence-corrected chi connectivity index (χ0v) is 16.0. The van der Waals surface area contributed by atoms with Gasteiger partial charge in [-0.2, -0.15) is 9.19 Å². The van der Waals surface area contributed by atoms with Gasteiger partial charge in [-0.3, -0.25) is 0 Å². The van der Waals surface area contributed by atoms with E-state index in [2.05, 4.69) is 10.1 Å². The molecule has 27 heavy (non-hydrogen) atoms. The van der Waals surface area contributed by atoms with Crippen LogP contribution in [0.1, 0.15) is 31.0 Å². The smallest absolute Gasteiger partial charge is 0.187 e. The molecule has 7 heteroatoms. The van der Waals surface area contributed by atoms with Gasteiger partial charge in [-0.1, -0.05) is 13.8 Å². The van der Waals surface area contributed by atoms with Gasteiger partial charge >= 0.3 is 0 Å². The average molecular weight is 384 g/mol. The van der Waals surface area contributed by atoms with E-state index in [1.54, 1.807) is 25.3 Å². The lowest BCUT2D eigenvalue weighted by atomic mass is 9.95. The maximum absolute atomic E-state index is 13.8. The highest BCUT2D eigenvalue weighted by Gasteiger charge is 2.24. The van der Waals surface area contributed by atoms with Crippen molar-refractivity contribution in [3.05, 3.63) is 66.0 Å². The zero-order valence-electron chi connectivity index (χ0n) is 15.1. The van der Waals surface area contributed by atoms with E-state index in [0.717, 1.165) is 28.0 Å². The van der Waals surface area contributed by atoms with Crippen LogP contribution in [0.4, 0.5) is 8.28 Å². The van der Waals surface area contributed by atoms with Gasteiger partial charge in [0, 0.05) is 35.3 Å². The molecule has 0 saturated heterocycles. The van der Waals surface area contributed by atoms with Gasteiger partial charge in [-0.25, -0.2) is 9.37 Å². The molecule has 4 aromatic rings. The molecule has 3 aromatic heterocycles. The third kappa shape index (κ3) is 3.02. The van der Waals surface area contributed by atoms with Crippen LogP contribution in [0.3, 0.4) is 0 Å². The van der Waals surface area contributed by atoms with Crippen molar-refractivity contribution < 1.29 is 8.28 Å². The van der Waals surface area contributed by atoms with Crippen LogP contribution in [0, 0.1) is 12.7 Å². The minimum atomic E-state index is -0.275. The molecule has 0 amide bonds. The van der Waals surface area contributed by atoms with Crippen LogP contribution in [0.2, 0.25) is 0 Å². The number of benzene rings is 1. The lowest BCUT2D eigenvalue weighted by molar-refractivity contribution is 0.618. The van der Waals surface area contributed by atoms with Gasteiger partial charge < -0.3 is 4.40 Å². The first-order valence-electron chi connectivity index (χ1n) is 8.61. The highest BCUT2D eigenvalue weighted by Crippen LogP contribution is 2.40. The lowest BCUT2D eigenvalue weighted by Crippen LogP contribution is -1.99. The van der Waals surface area contributed by atoms with Crippen molar-refractivity contribution in [2.45, 2.75) is 26.7 Å². The number of imidazole rings is 1. The first kappa shape index (κ1) is 17.7. The highest BCUT2D eigenvalue weighted by molar-refractivity contribution is 7.92. The maximum Gasteiger partial charge on any atom is 0.187 e. The largest absolute Gasteiger partial charge is 0.306 e. The number of pyridine rings is 1. The van der Waals surface area contributed by atoms with Crippen LogP contribution in [0.5, 0.6) is 0 Å². The predicted molar refractivity (Wildman–Crippen MR) is 105 cm³/mol. The Bertz CT molecular complexity index is 1130. The molecule has 0 aliphatic carbocycles. The molecule has 0 N–H and O–H groups in total. The minimum Gasteiger partial charge on any atom is -0.306 e. The predicted octanol–water partition coefficient (Wildman–Crippen LogP) is 5.82. The molecule has 0 radical (unpaired) electrons. The number of hydrogen-bond donors (Lipinski definition) is 0. The summed E-state index contributed by atoms with van der Waals surface area (Å²) in [5.74, 6) is -0.229. The summed E-state index contributed by atoms with van der Waals surface area (Å²) in [6.07, 6.45) is 5.55. The monoisotopic (exact) mass is 384 g/mol. The Morgan fingerprint density at radius 1 is 1.11 bits per heavy atom. The molecule has 0 unspecified atom stereocenters. The molecule has 138 valence electrons. The number of aryl methyl sites for hydroxylation is 1. The average Bonchev–Trinajstić information content (AvgIpc) is 3.27. The van der Waals surface area contributed by atoms with Crippen LogP contribution in [-0.4, -0.2) is 18.6 Å². The van der Waals surface area contributed by atoms with Crippen LogP contribution in [0.15, 0.2) is 48.9 Å². The van der Waals surface area contributed by atoms with Crippen LogP contribution < -0.4 is 0 Å². The third-order valence-electron chi connectivity index (χ3n) is 4.61. The van der Waals surface area contributed by atoms with Crippen molar-refractivity contribution in [3.8, 4) is 22.4 Å². The summed E-state index contributed by atoms with van der Waals surface area (Å²) in [5, 5.41) is 4.49. The molecular formula is C20H18F2N4S. The van der Waals surface area contributed by atoms with Gasteiger partial charge in [0.2, 0.25) is 0 Å². The second-order valence-electron chi connectivity index (χ2n) is 6.78. The standard InChI is InChI=1S/C20H18F2N4S/c1-12(2)20-18(15-5-7-17-23-8-9-25(17)11-15)19(24-26(20)27-22)14-4-6-16(21)13(3)10-14/h4-12H,1-3H3. The SMILES string of the molecule is Cc1cc(-c2nn(SF)c(C(C)C)c2-c2ccc3nccn3c2)ccc1F. The summed E-state index contributed by atoms with van der Waals surface area (Å²) < 4.78 is 30.6. The first-order chi connectivity index (χ1) is 13.0. The van der Waals surface area contributed by atoms with Crippen LogP contribution in [0.25, 0.3) is 28.0 Å². The van der Waals surface area contributed by atoms with Crippen LogP contribution in [-0.2, 0) is 0 Å². The van der Waals surface area contributed by atoms with Gasteiger partial charge in [0.05, 0.1) is 5.69 Å². The fourth-order valence-corrected chi connectivity index (χ4v) is 3.81. The molecular weight excluding hydrogens is 366 g/mol. The minimum absolute atomic E-state index is 0.0459. The number of hydrogen-bond acceptors (Lipinski definition) is 3. The second-order valence-corrected chi connectivity index (χ2v) is 7.26. The molecule has 4 rings (SSSR count). The molecule has 0 bridgehead atoms. The first-order valence-corrected chi connectivity index (χ1v) is 9.28. The van der Waals surface area contributed by atoms with E-state index in [1.807, 2.05) is 42.8 Å². The number of fused-ring (bicyclic) bond motifs is 1. The topological polar surface area (TPSA) is 35.1 Å². The van der Waals surface area contributed by atoms with Crippen molar-refractivity contribution >= 4 is 18.0 Å². The molecule has 0 aliphatic heterocycles. The normalized spacial score (nSPS) is 11.6. The van der Waals surface area contributed by atoms with Crippen molar-refractivity contribution in [3.63, 3.8) is 0 Å². The zero-order chi connectivity index (χ0) is 19.1. The van der Waals surface area contributed by atoms with E-state index >= 15 is 0 Å². The van der Waals surface area contributed by atoms with Gasteiger partial charge in [-0.05, 0) is 48.7 Å². The number of aromatic nitrogens is 4. The summed E-state index contributed by atoms with van der Waals surface area (Å²) in [6, 6.07) is 8.72. The summed E-state index contributed by atoms with van der Waals surface area (Å²) in [4.78, 5) is 4.27. The van der Waals surface area contributed by atoms with E-state index in [-0.39, 0.29) is 24.1 Å². The Balaban J connectivity index is 2.02. The Morgan fingerprint density at radius 2 is 1.89 bits per heavy atom. The second kappa shape index (κ2) is 6.81. The number of halogens is 2. The van der Waals surface area contributed by atoms with Gasteiger partial charge in [0.1, 0.15) is 17.2 Å². The Labute approximate surface area is 160 Å². The molecule has 3 heterocycles. The van der Waals surface area contributed by atoms with Crippen LogP contribution >= 0.6 is 12.3 Å². The molecule has 0 atom stereocenters. The lowest BCUT2D eigenvalue weighted by Gasteiger charge is -2.11. The van der Waals surface area contributed by atoms with E-state index in [4.69, 9.17) is 0 Å². The van der Waals surface area contributed by atoms with E-state index in [9.17, 15) is 8.28 Å². The molecule has 0 fully saturated rings. The van der Waals surface area contributed by atoms with Crippen molar-refractivity contribution in [2.75, 3.05) is 0 Å². The fraction of sp³-hybridized carbons (Fsp3) is 0.200. The maximum atomic E-state index is 13.8. The quantitative estimate of drug-likeness (QED) is 0.445. The summed E-state index contributed by atoms with van der Waals surface area (Å²) in [6.45, 7) is 5.71. The molecule has 0 saturated carbocycles. The summed E-state index contributed by atoms with van der Waals surface area (Å²) in [5.41, 5.74) is 5.27. The van der Waals surface area contributed by atoms with Gasteiger partial charge in [-0.15, -0.1) is 3.89 Å². The van der Waals surface area contributed by atoms with Crippen molar-refractivity contribution in [2.24, 2.45) is 0 Å². The van der Waals surface area contributed by atoms with E-state index in [1.165, 1.54) is 10.2 Å².